The van der Waals surface area contributed by atoms with Crippen molar-refractivity contribution < 1.29 is 4.79 Å². The highest BCUT2D eigenvalue weighted by Gasteiger charge is 1.99. The maximum absolute atomic E-state index is 10.4. The van der Waals surface area contributed by atoms with Crippen LogP contribution in [0, 0.1) is 5.21 Å². The van der Waals surface area contributed by atoms with Crippen molar-refractivity contribution >= 4 is 5.91 Å². The molecule has 0 aromatic carbocycles. The first-order chi connectivity index (χ1) is 4.22. The molecule has 1 amide bonds. The molecule has 48 valence electrons. The number of nitrogens with zero attached hydrogens (tertiary/aromatic N) is 2. The van der Waals surface area contributed by atoms with Crippen molar-refractivity contribution in [3.05, 3.63) is 23.2 Å². The molecular weight excluding hydrogens is 122 g/mol. The van der Waals surface area contributed by atoms with Gasteiger partial charge in [0, 0.05) is 6.20 Å². The molecule has 1 aromatic rings. The Hall–Kier alpha value is -1.52. The number of carbonyl (C=O) groups is 1. The molecule has 9 heavy (non-hydrogen) atoms. The fourth-order valence-electron chi connectivity index (χ4n) is 0.467. The summed E-state index contributed by atoms with van der Waals surface area (Å²) in [5.74, 6) is -0.762. The molecule has 1 heterocycles. The lowest BCUT2D eigenvalue weighted by atomic mass is 10.4. The first-order valence-electron chi connectivity index (χ1n) is 2.23. The van der Waals surface area contributed by atoms with Gasteiger partial charge in [-0.15, -0.1) is 0 Å². The van der Waals surface area contributed by atoms with Crippen LogP contribution in [0.3, 0.4) is 0 Å². The summed E-state index contributed by atoms with van der Waals surface area (Å²) in [6.45, 7) is 0. The molecule has 0 aliphatic carbocycles. The second-order valence-electron chi connectivity index (χ2n) is 1.45. The molecule has 5 nitrogen and oxygen atoms in total. The topological polar surface area (TPSA) is 84.0 Å². The molecule has 0 unspecified atom stereocenters. The van der Waals surface area contributed by atoms with Gasteiger partial charge in [0.2, 0.25) is 0 Å². The van der Waals surface area contributed by atoms with E-state index >= 15 is 0 Å². The highest BCUT2D eigenvalue weighted by Crippen LogP contribution is 1.92. The molecule has 0 atom stereocenters. The van der Waals surface area contributed by atoms with Gasteiger partial charge >= 0.3 is 0 Å². The number of aromatic nitrogens is 2. The van der Waals surface area contributed by atoms with Crippen molar-refractivity contribution in [1.82, 2.24) is 9.94 Å². The van der Waals surface area contributed by atoms with Gasteiger partial charge in [0.25, 0.3) is 5.91 Å². The zero-order valence-corrected chi connectivity index (χ0v) is 4.44. The smallest absolute Gasteiger partial charge is 0.266 e. The van der Waals surface area contributed by atoms with E-state index in [-0.39, 0.29) is 10.5 Å². The lowest BCUT2D eigenvalue weighted by Crippen LogP contribution is -2.14. The van der Waals surface area contributed by atoms with Gasteiger partial charge in [-0.1, -0.05) is 0 Å². The maximum Gasteiger partial charge on any atom is 0.266 e. The Balaban J connectivity index is 3.08. The second-order valence-corrected chi connectivity index (χ2v) is 1.45. The summed E-state index contributed by atoms with van der Waals surface area (Å²) in [5.41, 5.74) is 4.63. The van der Waals surface area contributed by atoms with Crippen LogP contribution in [0.4, 0.5) is 0 Å². The largest absolute Gasteiger partial charge is 0.790 e. The average Bonchev–Trinajstić information content (AvgIpc) is 2.13. The first-order valence-corrected chi connectivity index (χ1v) is 2.23. The molecule has 5 heteroatoms. The zero-order chi connectivity index (χ0) is 6.85. The Bertz CT molecular complexity index is 229. The molecule has 0 aliphatic heterocycles. The lowest BCUT2D eigenvalue weighted by molar-refractivity contribution is 0.0993. The summed E-state index contributed by atoms with van der Waals surface area (Å²) in [5, 5.41) is 13.6. The third kappa shape index (κ3) is 0.835. The van der Waals surface area contributed by atoms with Crippen LogP contribution in [0.5, 0.6) is 0 Å². The number of nitrogens with two attached hydrogens (primary N) is 1. The lowest BCUT2D eigenvalue weighted by Gasteiger charge is -2.04. The predicted molar refractivity (Wildman–Crippen MR) is 29.5 cm³/mol. The zero-order valence-electron chi connectivity index (χ0n) is 4.44. The third-order valence-electron chi connectivity index (χ3n) is 0.862. The summed E-state index contributed by atoms with van der Waals surface area (Å²) in [6, 6.07) is 1.26. The first kappa shape index (κ1) is 5.61. The SMILES string of the molecule is NC(=O)c1ccnn1[O-]. The van der Waals surface area contributed by atoms with Crippen LogP contribution < -0.4 is 5.73 Å². The van der Waals surface area contributed by atoms with Crippen molar-refractivity contribution in [2.45, 2.75) is 0 Å². The van der Waals surface area contributed by atoms with Gasteiger partial charge in [0.1, 0.15) is 5.69 Å². The monoisotopic (exact) mass is 126 g/mol. The van der Waals surface area contributed by atoms with E-state index in [9.17, 15) is 10.0 Å². The van der Waals surface area contributed by atoms with Gasteiger partial charge < -0.3 is 10.9 Å². The highest BCUT2D eigenvalue weighted by molar-refractivity contribution is 5.90. The minimum absolute atomic E-state index is 0.130. The Morgan fingerprint density at radius 1 is 1.89 bits per heavy atom. The van der Waals surface area contributed by atoms with Crippen molar-refractivity contribution in [1.29, 1.82) is 0 Å². The van der Waals surface area contributed by atoms with Crippen molar-refractivity contribution in [3.63, 3.8) is 0 Å². The van der Waals surface area contributed by atoms with Gasteiger partial charge in [-0.2, -0.15) is 5.10 Å². The summed E-state index contributed by atoms with van der Waals surface area (Å²) >= 11 is 0. The van der Waals surface area contributed by atoms with E-state index in [4.69, 9.17) is 5.73 Å². The van der Waals surface area contributed by atoms with Crippen molar-refractivity contribution in [2.24, 2.45) is 5.73 Å². The van der Waals surface area contributed by atoms with Crippen LogP contribution in [0.2, 0.25) is 0 Å². The summed E-state index contributed by atoms with van der Waals surface area (Å²) in [7, 11) is 0. The number of carbonyl (C=O) groups excluding carboxylic acids is 1. The Kier molecular flexibility index (Phi) is 1.11. The van der Waals surface area contributed by atoms with Gasteiger partial charge in [-0.05, 0) is 6.07 Å². The summed E-state index contributed by atoms with van der Waals surface area (Å²) < 4.78 is 0. The van der Waals surface area contributed by atoms with Crippen LogP contribution >= 0.6 is 0 Å². The molecule has 0 bridgehead atoms. The van der Waals surface area contributed by atoms with Crippen LogP contribution in [0.25, 0.3) is 0 Å². The molecule has 0 spiro atoms. The maximum atomic E-state index is 10.4. The van der Waals surface area contributed by atoms with E-state index in [0.717, 1.165) is 0 Å². The number of amides is 1. The predicted octanol–water partition coefficient (Wildman–Crippen LogP) is -0.672. The fourth-order valence-corrected chi connectivity index (χ4v) is 0.467. The number of primary amides is 1. The fraction of sp³-hybridized carbons (Fsp3) is 0. The molecule has 1 aromatic heterocycles. The highest BCUT2D eigenvalue weighted by atomic mass is 16.5. The number of hydrogen-bond acceptors (Lipinski definition) is 3. The molecule has 0 fully saturated rings. The van der Waals surface area contributed by atoms with Gasteiger partial charge in [0.05, 0.1) is 0 Å². The van der Waals surface area contributed by atoms with E-state index in [2.05, 4.69) is 5.10 Å². The van der Waals surface area contributed by atoms with E-state index in [1.807, 2.05) is 0 Å². The second kappa shape index (κ2) is 1.77. The number of hydrogen-bond donors (Lipinski definition) is 1. The molecule has 2 N–H and O–H groups in total. The quantitative estimate of drug-likeness (QED) is 0.541. The normalized spacial score (nSPS) is 9.33. The summed E-state index contributed by atoms with van der Waals surface area (Å²) in [4.78, 5) is 10.4. The molecule has 0 saturated carbocycles. The van der Waals surface area contributed by atoms with Crippen LogP contribution in [-0.4, -0.2) is 15.9 Å². The van der Waals surface area contributed by atoms with Gasteiger partial charge in [-0.25, -0.2) is 0 Å². The molecule has 0 saturated heterocycles. The molecule has 0 aliphatic rings. The Labute approximate surface area is 50.7 Å². The summed E-state index contributed by atoms with van der Waals surface area (Å²) in [6.07, 6.45) is 1.22. The standard InChI is InChI=1S/C4H4N3O2/c5-4(8)3-1-2-6-7(3)9/h1-2H,(H2,5,8)/q-1. The minimum Gasteiger partial charge on any atom is -0.790 e. The van der Waals surface area contributed by atoms with Gasteiger partial charge in [-0.3, -0.25) is 9.64 Å². The number of rotatable bonds is 1. The third-order valence-corrected chi connectivity index (χ3v) is 0.862. The van der Waals surface area contributed by atoms with Crippen molar-refractivity contribution in [2.75, 3.05) is 0 Å². The Morgan fingerprint density at radius 2 is 2.56 bits per heavy atom. The average molecular weight is 126 g/mol. The van der Waals surface area contributed by atoms with E-state index in [1.54, 1.807) is 0 Å². The van der Waals surface area contributed by atoms with E-state index < -0.39 is 5.91 Å². The minimum atomic E-state index is -0.762. The van der Waals surface area contributed by atoms with Crippen LogP contribution in [-0.2, 0) is 0 Å². The Morgan fingerprint density at radius 3 is 2.78 bits per heavy atom. The van der Waals surface area contributed by atoms with Crippen LogP contribution in [0.1, 0.15) is 10.5 Å². The van der Waals surface area contributed by atoms with Gasteiger partial charge in [0.15, 0.2) is 0 Å². The molecular formula is C4H4N3O2-. The molecule has 0 radical (unpaired) electrons. The van der Waals surface area contributed by atoms with Crippen LogP contribution in [0.15, 0.2) is 12.3 Å². The van der Waals surface area contributed by atoms with E-state index in [0.29, 0.717) is 0 Å². The van der Waals surface area contributed by atoms with E-state index in [1.165, 1.54) is 12.3 Å². The van der Waals surface area contributed by atoms with Crippen molar-refractivity contribution in [3.8, 4) is 0 Å². The molecule has 1 rings (SSSR count).